The number of halogens is 1. The van der Waals surface area contributed by atoms with E-state index >= 15 is 0 Å². The van der Waals surface area contributed by atoms with Gasteiger partial charge in [0.05, 0.1) is 6.04 Å². The number of nitrogens with zero attached hydrogens (tertiary/aromatic N) is 2. The molecule has 5 nitrogen and oxygen atoms in total. The number of rotatable bonds is 5. The molecule has 0 aliphatic carbocycles. The summed E-state index contributed by atoms with van der Waals surface area (Å²) < 4.78 is 5.62. The van der Waals surface area contributed by atoms with Gasteiger partial charge in [-0.2, -0.15) is 0 Å². The zero-order chi connectivity index (χ0) is 14.8. The van der Waals surface area contributed by atoms with E-state index in [9.17, 15) is 0 Å². The van der Waals surface area contributed by atoms with E-state index in [0.717, 1.165) is 11.1 Å². The molecule has 1 atom stereocenters. The maximum absolute atomic E-state index is 6.20. The van der Waals surface area contributed by atoms with Crippen LogP contribution in [0.15, 0.2) is 40.1 Å². The number of benzene rings is 1. The Morgan fingerprint density at radius 2 is 2.05 bits per heavy atom. The zero-order valence-electron chi connectivity index (χ0n) is 12.4. The van der Waals surface area contributed by atoms with Gasteiger partial charge in [0.1, 0.15) is 0 Å². The molecule has 3 N–H and O–H groups in total. The summed E-state index contributed by atoms with van der Waals surface area (Å²) in [5.74, 6) is 0.489. The molecule has 0 spiro atoms. The Morgan fingerprint density at radius 1 is 1.27 bits per heavy atom. The van der Waals surface area contributed by atoms with Crippen LogP contribution in [0.4, 0.5) is 0 Å². The minimum Gasteiger partial charge on any atom is -0.414 e. The van der Waals surface area contributed by atoms with Crippen LogP contribution >= 0.6 is 24.2 Å². The number of H-pyrrole nitrogens is 1. The van der Waals surface area contributed by atoms with Crippen LogP contribution in [-0.4, -0.2) is 20.4 Å². The normalized spacial score (nSPS) is 12.5. The van der Waals surface area contributed by atoms with Crippen LogP contribution < -0.4 is 5.73 Å². The summed E-state index contributed by atoms with van der Waals surface area (Å²) in [6.45, 7) is 4.17. The van der Waals surface area contributed by atoms with Gasteiger partial charge >= 0.3 is 0 Å². The topological polar surface area (TPSA) is 80.7 Å². The van der Waals surface area contributed by atoms with Crippen molar-refractivity contribution < 1.29 is 4.42 Å². The van der Waals surface area contributed by atoms with Crippen molar-refractivity contribution in [3.63, 3.8) is 0 Å². The van der Waals surface area contributed by atoms with Gasteiger partial charge in [0.2, 0.25) is 5.89 Å². The molecular formula is C15H19ClN4OS. The average Bonchev–Trinajstić information content (AvgIpc) is 3.06. The summed E-state index contributed by atoms with van der Waals surface area (Å²) >= 11 is 1.55. The van der Waals surface area contributed by atoms with Crippen molar-refractivity contribution in [2.24, 2.45) is 5.73 Å². The standard InChI is InChI=1S/C15H18N4OS.ClH/c1-9(2)21-15-19-18-14(20-15)12(16)7-10-8-17-13-6-4-3-5-11(10)13;/h3-6,8-9,12,17H,7,16H2,1-2H3;1H/t12-;/m0./s1. The van der Waals surface area contributed by atoms with Crippen molar-refractivity contribution >= 4 is 35.1 Å². The van der Waals surface area contributed by atoms with Crippen molar-refractivity contribution in [1.82, 2.24) is 15.2 Å². The molecule has 1 aromatic carbocycles. The Kier molecular flexibility index (Phi) is 5.50. The third kappa shape index (κ3) is 3.63. The van der Waals surface area contributed by atoms with E-state index in [0.29, 0.717) is 22.8 Å². The number of aromatic amines is 1. The summed E-state index contributed by atoms with van der Waals surface area (Å²) in [7, 11) is 0. The van der Waals surface area contributed by atoms with Crippen LogP contribution in [0.5, 0.6) is 0 Å². The lowest BCUT2D eigenvalue weighted by molar-refractivity contribution is 0.385. The fourth-order valence-corrected chi connectivity index (χ4v) is 2.87. The third-order valence-electron chi connectivity index (χ3n) is 3.19. The zero-order valence-corrected chi connectivity index (χ0v) is 14.1. The molecule has 0 aliphatic rings. The Labute approximate surface area is 139 Å². The smallest absolute Gasteiger partial charge is 0.276 e. The second-order valence-electron chi connectivity index (χ2n) is 5.24. The van der Waals surface area contributed by atoms with Gasteiger partial charge in [-0.05, 0) is 18.1 Å². The molecule has 0 aliphatic heterocycles. The van der Waals surface area contributed by atoms with Crippen LogP contribution in [0.25, 0.3) is 10.9 Å². The predicted octanol–water partition coefficient (Wildman–Crippen LogP) is 3.72. The van der Waals surface area contributed by atoms with Crippen molar-refractivity contribution in [3.8, 4) is 0 Å². The maximum atomic E-state index is 6.20. The largest absolute Gasteiger partial charge is 0.414 e. The fraction of sp³-hybridized carbons (Fsp3) is 0.333. The molecule has 0 radical (unpaired) electrons. The number of hydrogen-bond donors (Lipinski definition) is 2. The van der Waals surface area contributed by atoms with Crippen molar-refractivity contribution in [3.05, 3.63) is 41.9 Å². The van der Waals surface area contributed by atoms with Crippen LogP contribution in [0.2, 0.25) is 0 Å². The van der Waals surface area contributed by atoms with E-state index in [1.165, 1.54) is 5.39 Å². The molecule has 0 unspecified atom stereocenters. The van der Waals surface area contributed by atoms with Crippen LogP contribution in [-0.2, 0) is 6.42 Å². The number of nitrogens with one attached hydrogen (secondary N) is 1. The minimum absolute atomic E-state index is 0. The molecule has 7 heteroatoms. The Morgan fingerprint density at radius 3 is 2.82 bits per heavy atom. The summed E-state index contributed by atoms with van der Waals surface area (Å²) in [5.41, 5.74) is 8.48. The van der Waals surface area contributed by atoms with Gasteiger partial charge in [0.15, 0.2) is 0 Å². The predicted molar refractivity (Wildman–Crippen MR) is 91.5 cm³/mol. The number of fused-ring (bicyclic) bond motifs is 1. The number of aromatic nitrogens is 3. The molecule has 2 heterocycles. The molecule has 2 aromatic heterocycles. The van der Waals surface area contributed by atoms with Gasteiger partial charge in [-0.3, -0.25) is 0 Å². The van der Waals surface area contributed by atoms with E-state index in [1.807, 2.05) is 18.3 Å². The molecule has 0 fully saturated rings. The van der Waals surface area contributed by atoms with Crippen molar-refractivity contribution in [1.29, 1.82) is 0 Å². The van der Waals surface area contributed by atoms with Crippen molar-refractivity contribution in [2.45, 2.75) is 36.8 Å². The van der Waals surface area contributed by atoms with Crippen LogP contribution in [0, 0.1) is 0 Å². The Hall–Kier alpha value is -1.50. The second kappa shape index (κ2) is 7.17. The highest BCUT2D eigenvalue weighted by Gasteiger charge is 2.17. The molecular weight excluding hydrogens is 320 g/mol. The first-order valence-electron chi connectivity index (χ1n) is 6.94. The molecule has 3 aromatic rings. The first-order chi connectivity index (χ1) is 10.1. The van der Waals surface area contributed by atoms with E-state index < -0.39 is 0 Å². The highest BCUT2D eigenvalue weighted by molar-refractivity contribution is 7.99. The van der Waals surface area contributed by atoms with E-state index in [-0.39, 0.29) is 18.4 Å². The van der Waals surface area contributed by atoms with Gasteiger partial charge in [-0.15, -0.1) is 22.6 Å². The van der Waals surface area contributed by atoms with E-state index in [4.69, 9.17) is 10.2 Å². The first kappa shape index (κ1) is 16.9. The van der Waals surface area contributed by atoms with Crippen LogP contribution in [0.1, 0.15) is 31.3 Å². The lowest BCUT2D eigenvalue weighted by atomic mass is 10.1. The van der Waals surface area contributed by atoms with Gasteiger partial charge in [-0.25, -0.2) is 0 Å². The summed E-state index contributed by atoms with van der Waals surface area (Å²) in [4.78, 5) is 3.25. The van der Waals surface area contributed by atoms with Gasteiger partial charge in [0.25, 0.3) is 5.22 Å². The number of hydrogen-bond acceptors (Lipinski definition) is 5. The molecule has 22 heavy (non-hydrogen) atoms. The highest BCUT2D eigenvalue weighted by atomic mass is 35.5. The fourth-order valence-electron chi connectivity index (χ4n) is 2.24. The Bertz CT molecular complexity index is 740. The third-order valence-corrected chi connectivity index (χ3v) is 4.03. The molecule has 118 valence electrons. The van der Waals surface area contributed by atoms with E-state index in [1.54, 1.807) is 11.8 Å². The molecule has 0 bridgehead atoms. The Balaban J connectivity index is 0.00000176. The number of nitrogens with two attached hydrogens (primary N) is 1. The molecule has 0 amide bonds. The van der Waals surface area contributed by atoms with Crippen molar-refractivity contribution in [2.75, 3.05) is 0 Å². The number of thioether (sulfide) groups is 1. The monoisotopic (exact) mass is 338 g/mol. The van der Waals surface area contributed by atoms with E-state index in [2.05, 4.69) is 41.2 Å². The molecule has 0 saturated heterocycles. The SMILES string of the molecule is CC(C)Sc1nnc([C@@H](N)Cc2c[nH]c3ccccc23)o1.Cl. The number of para-hydroxylation sites is 1. The second-order valence-corrected chi connectivity index (χ2v) is 6.77. The lowest BCUT2D eigenvalue weighted by Gasteiger charge is -2.06. The quantitative estimate of drug-likeness (QED) is 0.693. The summed E-state index contributed by atoms with van der Waals surface area (Å²) in [6.07, 6.45) is 2.66. The van der Waals surface area contributed by atoms with Gasteiger partial charge < -0.3 is 15.1 Å². The highest BCUT2D eigenvalue weighted by Crippen LogP contribution is 2.26. The van der Waals surface area contributed by atoms with Crippen LogP contribution in [0.3, 0.4) is 0 Å². The minimum atomic E-state index is -0.293. The maximum Gasteiger partial charge on any atom is 0.276 e. The first-order valence-corrected chi connectivity index (χ1v) is 7.82. The lowest BCUT2D eigenvalue weighted by Crippen LogP contribution is -2.13. The van der Waals surface area contributed by atoms with Gasteiger partial charge in [-0.1, -0.05) is 43.8 Å². The van der Waals surface area contributed by atoms with Gasteiger partial charge in [0, 0.05) is 22.3 Å². The molecule has 3 rings (SSSR count). The molecule has 0 saturated carbocycles. The summed E-state index contributed by atoms with van der Waals surface area (Å²) in [6, 6.07) is 7.87. The average molecular weight is 339 g/mol. The summed E-state index contributed by atoms with van der Waals surface area (Å²) in [5, 5.41) is 10.3.